The Labute approximate surface area is 131 Å². The van der Waals surface area contributed by atoms with Crippen molar-refractivity contribution in [1.29, 1.82) is 0 Å². The van der Waals surface area contributed by atoms with Gasteiger partial charge in [-0.3, -0.25) is 0 Å². The molecule has 2 aromatic rings. The number of hydrogen-bond acceptors (Lipinski definition) is 3. The zero-order chi connectivity index (χ0) is 15.1. The molecule has 21 heavy (non-hydrogen) atoms. The van der Waals surface area contributed by atoms with Gasteiger partial charge in [0.1, 0.15) is 5.75 Å². The van der Waals surface area contributed by atoms with Crippen molar-refractivity contribution in [2.24, 2.45) is 0 Å². The van der Waals surface area contributed by atoms with E-state index < -0.39 is 0 Å². The summed E-state index contributed by atoms with van der Waals surface area (Å²) in [4.78, 5) is 1.29. The first-order valence-electron chi connectivity index (χ1n) is 7.31. The summed E-state index contributed by atoms with van der Waals surface area (Å²) in [6.07, 6.45) is 0.186. The van der Waals surface area contributed by atoms with Crippen LogP contribution in [0.3, 0.4) is 0 Å². The molecular weight excluding hydrogens is 278 g/mol. The summed E-state index contributed by atoms with van der Waals surface area (Å²) in [5, 5.41) is 3.40. The monoisotopic (exact) mass is 301 g/mol. The van der Waals surface area contributed by atoms with Crippen LogP contribution in [0.1, 0.15) is 25.5 Å². The smallest absolute Gasteiger partial charge is 0.124 e. The van der Waals surface area contributed by atoms with Crippen LogP contribution in [0.2, 0.25) is 0 Å². The van der Waals surface area contributed by atoms with Gasteiger partial charge in [-0.05, 0) is 39.1 Å². The van der Waals surface area contributed by atoms with E-state index in [0.29, 0.717) is 0 Å². The fraction of sp³-hybridized carbons (Fsp3) is 0.333. The number of ether oxygens (including phenoxy) is 1. The van der Waals surface area contributed by atoms with E-state index in [9.17, 15) is 0 Å². The number of hydrogen-bond donors (Lipinski definition) is 1. The van der Waals surface area contributed by atoms with Crippen molar-refractivity contribution in [3.05, 3.63) is 60.2 Å². The lowest BCUT2D eigenvalue weighted by Crippen LogP contribution is -2.20. The van der Waals surface area contributed by atoms with Crippen LogP contribution in [-0.4, -0.2) is 18.9 Å². The average Bonchev–Trinajstić information content (AvgIpc) is 2.50. The number of para-hydroxylation sites is 1. The minimum absolute atomic E-state index is 0.186. The van der Waals surface area contributed by atoms with E-state index in [1.54, 1.807) is 0 Å². The quantitative estimate of drug-likeness (QED) is 0.759. The van der Waals surface area contributed by atoms with Gasteiger partial charge in [0.05, 0.1) is 6.10 Å². The van der Waals surface area contributed by atoms with Crippen LogP contribution in [0.5, 0.6) is 5.75 Å². The number of nitrogens with one attached hydrogen (secondary N) is 1. The lowest BCUT2D eigenvalue weighted by molar-refractivity contribution is 0.238. The molecule has 1 atom stereocenters. The first-order valence-corrected chi connectivity index (χ1v) is 8.30. The van der Waals surface area contributed by atoms with Crippen molar-refractivity contribution in [2.75, 3.05) is 12.8 Å². The molecular formula is C18H23NOS. The van der Waals surface area contributed by atoms with E-state index in [2.05, 4.69) is 55.6 Å². The van der Waals surface area contributed by atoms with E-state index in [1.165, 1.54) is 10.5 Å². The molecule has 0 heterocycles. The van der Waals surface area contributed by atoms with Crippen LogP contribution in [0.25, 0.3) is 0 Å². The number of benzene rings is 2. The molecule has 2 rings (SSSR count). The minimum atomic E-state index is 0.186. The summed E-state index contributed by atoms with van der Waals surface area (Å²) in [5.41, 5.74) is 1.22. The van der Waals surface area contributed by atoms with Crippen LogP contribution < -0.4 is 10.1 Å². The topological polar surface area (TPSA) is 21.3 Å². The van der Waals surface area contributed by atoms with Crippen molar-refractivity contribution >= 4 is 11.8 Å². The van der Waals surface area contributed by atoms with E-state index in [4.69, 9.17) is 4.74 Å². The summed E-state index contributed by atoms with van der Waals surface area (Å²) >= 11 is 1.86. The van der Waals surface area contributed by atoms with E-state index in [1.807, 2.05) is 37.0 Å². The molecule has 0 aliphatic heterocycles. The molecule has 1 N–H and O–H groups in total. The van der Waals surface area contributed by atoms with Crippen molar-refractivity contribution in [2.45, 2.75) is 30.9 Å². The number of rotatable bonds is 7. The van der Waals surface area contributed by atoms with Crippen molar-refractivity contribution in [3.8, 4) is 5.75 Å². The minimum Gasteiger partial charge on any atom is -0.491 e. The summed E-state index contributed by atoms with van der Waals surface area (Å²) in [7, 11) is 2.00. The lowest BCUT2D eigenvalue weighted by atomic mass is 10.1. The molecule has 0 fully saturated rings. The van der Waals surface area contributed by atoms with Crippen LogP contribution in [0.15, 0.2) is 59.5 Å². The zero-order valence-corrected chi connectivity index (χ0v) is 13.7. The predicted octanol–water partition coefficient (Wildman–Crippen LogP) is 4.53. The molecule has 3 heteroatoms. The molecule has 112 valence electrons. The summed E-state index contributed by atoms with van der Waals surface area (Å²) in [6.45, 7) is 4.12. The Morgan fingerprint density at radius 1 is 1.00 bits per heavy atom. The maximum Gasteiger partial charge on any atom is 0.124 e. The zero-order valence-electron chi connectivity index (χ0n) is 12.9. The maximum absolute atomic E-state index is 5.93. The second kappa shape index (κ2) is 8.11. The molecule has 0 aliphatic rings. The Kier molecular flexibility index (Phi) is 6.15. The van der Waals surface area contributed by atoms with Crippen LogP contribution >= 0.6 is 11.8 Å². The fourth-order valence-corrected chi connectivity index (χ4v) is 3.21. The van der Waals surface area contributed by atoms with Gasteiger partial charge in [-0.25, -0.2) is 0 Å². The molecule has 0 bridgehead atoms. The molecule has 2 nitrogen and oxygen atoms in total. The van der Waals surface area contributed by atoms with Crippen molar-refractivity contribution < 1.29 is 4.74 Å². The van der Waals surface area contributed by atoms with Crippen LogP contribution in [0.4, 0.5) is 0 Å². The third kappa shape index (κ3) is 4.80. The van der Waals surface area contributed by atoms with Gasteiger partial charge in [0, 0.05) is 22.3 Å². The molecule has 0 aromatic heterocycles. The first kappa shape index (κ1) is 15.9. The maximum atomic E-state index is 5.93. The van der Waals surface area contributed by atoms with Gasteiger partial charge >= 0.3 is 0 Å². The Morgan fingerprint density at radius 3 is 2.33 bits per heavy atom. The van der Waals surface area contributed by atoms with Crippen LogP contribution in [-0.2, 0) is 0 Å². The summed E-state index contributed by atoms with van der Waals surface area (Å²) in [6, 6.07) is 19.0. The van der Waals surface area contributed by atoms with E-state index in [0.717, 1.165) is 11.5 Å². The second-order valence-electron chi connectivity index (χ2n) is 5.17. The highest BCUT2D eigenvalue weighted by Gasteiger charge is 2.15. The van der Waals surface area contributed by atoms with Gasteiger partial charge < -0.3 is 10.1 Å². The van der Waals surface area contributed by atoms with Gasteiger partial charge in [-0.1, -0.05) is 36.4 Å². The average molecular weight is 301 g/mol. The lowest BCUT2D eigenvalue weighted by Gasteiger charge is -2.21. The van der Waals surface area contributed by atoms with Gasteiger partial charge in [-0.15, -0.1) is 11.8 Å². The molecule has 0 radical (unpaired) electrons. The Bertz CT molecular complexity index is 542. The van der Waals surface area contributed by atoms with Crippen molar-refractivity contribution in [3.63, 3.8) is 0 Å². The van der Waals surface area contributed by atoms with E-state index in [-0.39, 0.29) is 12.1 Å². The molecule has 0 saturated carbocycles. The SMILES string of the molecule is CNC(CSc1ccccc1)c1ccccc1OC(C)C. The van der Waals surface area contributed by atoms with E-state index >= 15 is 0 Å². The second-order valence-corrected chi connectivity index (χ2v) is 6.26. The summed E-state index contributed by atoms with van der Waals surface area (Å²) in [5.74, 6) is 1.94. The van der Waals surface area contributed by atoms with Crippen LogP contribution in [0, 0.1) is 0 Å². The highest BCUT2D eigenvalue weighted by Crippen LogP contribution is 2.30. The third-order valence-corrected chi connectivity index (χ3v) is 4.27. The highest BCUT2D eigenvalue weighted by atomic mass is 32.2. The first-order chi connectivity index (χ1) is 10.2. The Hall–Kier alpha value is -1.45. The molecule has 1 unspecified atom stereocenters. The van der Waals surface area contributed by atoms with Crippen molar-refractivity contribution in [1.82, 2.24) is 5.32 Å². The Balaban J connectivity index is 2.10. The number of thioether (sulfide) groups is 1. The molecule has 0 aliphatic carbocycles. The summed E-state index contributed by atoms with van der Waals surface area (Å²) < 4.78 is 5.93. The van der Waals surface area contributed by atoms with Gasteiger partial charge in [0.25, 0.3) is 0 Å². The standard InChI is InChI=1S/C18H23NOS/c1-14(2)20-18-12-8-7-11-16(18)17(19-3)13-21-15-9-5-4-6-10-15/h4-12,14,17,19H,13H2,1-3H3. The van der Waals surface area contributed by atoms with Gasteiger partial charge in [-0.2, -0.15) is 0 Å². The molecule has 0 saturated heterocycles. The largest absolute Gasteiger partial charge is 0.491 e. The molecule has 0 spiro atoms. The predicted molar refractivity (Wildman–Crippen MR) is 91.2 cm³/mol. The normalized spacial score (nSPS) is 12.4. The molecule has 0 amide bonds. The van der Waals surface area contributed by atoms with Gasteiger partial charge in [0.2, 0.25) is 0 Å². The highest BCUT2D eigenvalue weighted by molar-refractivity contribution is 7.99. The molecule has 2 aromatic carbocycles. The third-order valence-electron chi connectivity index (χ3n) is 3.17. The van der Waals surface area contributed by atoms with Gasteiger partial charge in [0.15, 0.2) is 0 Å². The fourth-order valence-electron chi connectivity index (χ4n) is 2.15. The Morgan fingerprint density at radius 2 is 1.67 bits per heavy atom.